The monoisotopic (exact) mass is 265 g/mol. The Balaban J connectivity index is 2.17. The van der Waals surface area contributed by atoms with E-state index < -0.39 is 0 Å². The molecule has 1 N–H and O–H groups in total. The summed E-state index contributed by atoms with van der Waals surface area (Å²) in [6.45, 7) is 2.08. The minimum absolute atomic E-state index is 0.161. The topological polar surface area (TPSA) is 12.0 Å². The first kappa shape index (κ1) is 12.3. The molecule has 0 heterocycles. The number of para-hydroxylation sites is 1. The lowest BCUT2D eigenvalue weighted by Crippen LogP contribution is -2.06. The van der Waals surface area contributed by atoms with Crippen LogP contribution in [0.3, 0.4) is 0 Å². The van der Waals surface area contributed by atoms with E-state index in [0.29, 0.717) is 0 Å². The molecule has 0 saturated carbocycles. The van der Waals surface area contributed by atoms with Gasteiger partial charge < -0.3 is 5.32 Å². The van der Waals surface area contributed by atoms with Crippen molar-refractivity contribution in [3.63, 3.8) is 0 Å². The van der Waals surface area contributed by atoms with Gasteiger partial charge in [0.05, 0.1) is 10.7 Å². The number of nitrogens with one attached hydrogen (secondary N) is 1. The van der Waals surface area contributed by atoms with Crippen LogP contribution < -0.4 is 5.32 Å². The minimum Gasteiger partial charge on any atom is -0.377 e. The summed E-state index contributed by atoms with van der Waals surface area (Å²) in [6.07, 6.45) is 0. The molecule has 2 rings (SSSR count). The molecule has 0 aliphatic heterocycles. The predicted molar refractivity (Wildman–Crippen MR) is 74.9 cm³/mol. The van der Waals surface area contributed by atoms with E-state index in [9.17, 15) is 0 Å². The zero-order valence-corrected chi connectivity index (χ0v) is 11.0. The van der Waals surface area contributed by atoms with Crippen LogP contribution in [0.4, 0.5) is 5.69 Å². The molecule has 17 heavy (non-hydrogen) atoms. The summed E-state index contributed by atoms with van der Waals surface area (Å²) in [5.74, 6) is 0. The fourth-order valence-electron chi connectivity index (χ4n) is 1.67. The normalized spacial score (nSPS) is 12.2. The molecule has 88 valence electrons. The Hall–Kier alpha value is -1.18. The lowest BCUT2D eigenvalue weighted by atomic mass is 10.1. The molecule has 3 heteroatoms. The number of rotatable bonds is 3. The Labute approximate surface area is 111 Å². The van der Waals surface area contributed by atoms with Gasteiger partial charge in [-0.25, -0.2) is 0 Å². The third-order valence-electron chi connectivity index (χ3n) is 2.59. The molecule has 2 aromatic carbocycles. The summed E-state index contributed by atoms with van der Waals surface area (Å²) in [6, 6.07) is 15.7. The van der Waals surface area contributed by atoms with Crippen molar-refractivity contribution in [1.29, 1.82) is 0 Å². The van der Waals surface area contributed by atoms with Crippen LogP contribution in [0.1, 0.15) is 18.5 Å². The second-order valence-electron chi connectivity index (χ2n) is 3.90. The summed E-state index contributed by atoms with van der Waals surface area (Å²) in [5, 5.41) is 4.83. The van der Waals surface area contributed by atoms with Gasteiger partial charge in [0.2, 0.25) is 0 Å². The van der Waals surface area contributed by atoms with Gasteiger partial charge in [-0.1, -0.05) is 47.5 Å². The van der Waals surface area contributed by atoms with Crippen molar-refractivity contribution in [3.8, 4) is 0 Å². The first-order valence-electron chi connectivity index (χ1n) is 5.43. The standard InChI is InChI=1S/C14H13Cl2N/c1-10(11-5-4-6-12(15)9-11)17-14-8-3-2-7-13(14)16/h2-10,17H,1H3/t10-/m1/s1. The van der Waals surface area contributed by atoms with Gasteiger partial charge in [0.25, 0.3) is 0 Å². The van der Waals surface area contributed by atoms with Crippen LogP contribution in [0.5, 0.6) is 0 Å². The molecule has 2 aromatic rings. The van der Waals surface area contributed by atoms with E-state index in [0.717, 1.165) is 21.3 Å². The maximum Gasteiger partial charge on any atom is 0.0637 e. The van der Waals surface area contributed by atoms with Gasteiger partial charge in [-0.2, -0.15) is 0 Å². The van der Waals surface area contributed by atoms with Crippen molar-refractivity contribution in [2.75, 3.05) is 5.32 Å². The van der Waals surface area contributed by atoms with Crippen LogP contribution in [-0.4, -0.2) is 0 Å². The van der Waals surface area contributed by atoms with Crippen LogP contribution in [0.2, 0.25) is 10.0 Å². The number of benzene rings is 2. The van der Waals surface area contributed by atoms with E-state index in [1.807, 2.05) is 48.5 Å². The van der Waals surface area contributed by atoms with Crippen molar-refractivity contribution in [1.82, 2.24) is 0 Å². The van der Waals surface area contributed by atoms with Crippen molar-refractivity contribution in [3.05, 3.63) is 64.1 Å². The van der Waals surface area contributed by atoms with Gasteiger partial charge in [-0.05, 0) is 36.8 Å². The highest BCUT2D eigenvalue weighted by atomic mass is 35.5. The average molecular weight is 266 g/mol. The Bertz CT molecular complexity index is 511. The number of halogens is 2. The van der Waals surface area contributed by atoms with E-state index >= 15 is 0 Å². The first-order chi connectivity index (χ1) is 8.16. The smallest absolute Gasteiger partial charge is 0.0637 e. The maximum atomic E-state index is 6.10. The Morgan fingerprint density at radius 2 is 1.76 bits per heavy atom. The number of anilines is 1. The van der Waals surface area contributed by atoms with Crippen molar-refractivity contribution in [2.45, 2.75) is 13.0 Å². The quantitative estimate of drug-likeness (QED) is 0.808. The van der Waals surface area contributed by atoms with Crippen LogP contribution in [0.25, 0.3) is 0 Å². The van der Waals surface area contributed by atoms with Gasteiger partial charge >= 0.3 is 0 Å². The summed E-state index contributed by atoms with van der Waals surface area (Å²) in [4.78, 5) is 0. The molecule has 0 aliphatic rings. The van der Waals surface area contributed by atoms with Gasteiger partial charge in [0, 0.05) is 11.1 Å². The lowest BCUT2D eigenvalue weighted by molar-refractivity contribution is 0.885. The van der Waals surface area contributed by atoms with E-state index in [-0.39, 0.29) is 6.04 Å². The molecule has 1 nitrogen and oxygen atoms in total. The average Bonchev–Trinajstić information content (AvgIpc) is 2.32. The van der Waals surface area contributed by atoms with Gasteiger partial charge in [-0.3, -0.25) is 0 Å². The molecule has 0 radical (unpaired) electrons. The molecule has 1 atom stereocenters. The first-order valence-corrected chi connectivity index (χ1v) is 6.19. The molecule has 0 bridgehead atoms. The molecular weight excluding hydrogens is 253 g/mol. The maximum absolute atomic E-state index is 6.10. The molecule has 0 aliphatic carbocycles. The molecule has 0 unspecified atom stereocenters. The Morgan fingerprint density at radius 1 is 1.00 bits per heavy atom. The molecule has 0 aromatic heterocycles. The fraction of sp³-hybridized carbons (Fsp3) is 0.143. The Kier molecular flexibility index (Phi) is 3.93. The summed E-state index contributed by atoms with van der Waals surface area (Å²) < 4.78 is 0. The van der Waals surface area contributed by atoms with Crippen molar-refractivity contribution in [2.24, 2.45) is 0 Å². The van der Waals surface area contributed by atoms with Crippen LogP contribution in [0.15, 0.2) is 48.5 Å². The van der Waals surface area contributed by atoms with Gasteiger partial charge in [-0.15, -0.1) is 0 Å². The highest BCUT2D eigenvalue weighted by molar-refractivity contribution is 6.33. The largest absolute Gasteiger partial charge is 0.377 e. The second-order valence-corrected chi connectivity index (χ2v) is 4.74. The lowest BCUT2D eigenvalue weighted by Gasteiger charge is -2.16. The summed E-state index contributed by atoms with van der Waals surface area (Å²) >= 11 is 12.1. The second kappa shape index (κ2) is 5.44. The van der Waals surface area contributed by atoms with Gasteiger partial charge in [0.1, 0.15) is 0 Å². The van der Waals surface area contributed by atoms with E-state index in [1.165, 1.54) is 0 Å². The Morgan fingerprint density at radius 3 is 2.47 bits per heavy atom. The van der Waals surface area contributed by atoms with Crippen LogP contribution >= 0.6 is 23.2 Å². The molecule has 0 spiro atoms. The number of hydrogen-bond acceptors (Lipinski definition) is 1. The third-order valence-corrected chi connectivity index (χ3v) is 3.16. The predicted octanol–water partition coefficient (Wildman–Crippen LogP) is 5.17. The zero-order valence-electron chi connectivity index (χ0n) is 9.45. The highest BCUT2D eigenvalue weighted by Gasteiger charge is 2.07. The van der Waals surface area contributed by atoms with Gasteiger partial charge in [0.15, 0.2) is 0 Å². The molecule has 0 fully saturated rings. The van der Waals surface area contributed by atoms with E-state index in [2.05, 4.69) is 12.2 Å². The van der Waals surface area contributed by atoms with Crippen LogP contribution in [0, 0.1) is 0 Å². The molecule has 0 amide bonds. The van der Waals surface area contributed by atoms with E-state index in [1.54, 1.807) is 0 Å². The number of hydrogen-bond donors (Lipinski definition) is 1. The summed E-state index contributed by atoms with van der Waals surface area (Å²) in [5.41, 5.74) is 2.07. The molecule has 0 saturated heterocycles. The molecular formula is C14H13Cl2N. The fourth-order valence-corrected chi connectivity index (χ4v) is 2.06. The third kappa shape index (κ3) is 3.15. The highest BCUT2D eigenvalue weighted by Crippen LogP contribution is 2.26. The van der Waals surface area contributed by atoms with Crippen molar-refractivity contribution >= 4 is 28.9 Å². The summed E-state index contributed by atoms with van der Waals surface area (Å²) in [7, 11) is 0. The van der Waals surface area contributed by atoms with Crippen molar-refractivity contribution < 1.29 is 0 Å². The minimum atomic E-state index is 0.161. The van der Waals surface area contributed by atoms with E-state index in [4.69, 9.17) is 23.2 Å². The zero-order chi connectivity index (χ0) is 12.3. The van der Waals surface area contributed by atoms with Crippen LogP contribution in [-0.2, 0) is 0 Å². The SMILES string of the molecule is C[C@@H](Nc1ccccc1Cl)c1cccc(Cl)c1.